The molecule has 0 radical (unpaired) electrons. The molecule has 0 saturated heterocycles. The first-order valence-electron chi connectivity index (χ1n) is 5.46. The number of carbonyl (C=O) groups excluding carboxylic acids is 1. The van der Waals surface area contributed by atoms with Gasteiger partial charge in [0.1, 0.15) is 5.75 Å². The molecule has 0 aliphatic heterocycles. The number of para-hydroxylation sites is 1. The Morgan fingerprint density at radius 2 is 2.05 bits per heavy atom. The predicted octanol–water partition coefficient (Wildman–Crippen LogP) is 3.02. The Hall–Kier alpha value is -1.87. The summed E-state index contributed by atoms with van der Waals surface area (Å²) in [4.78, 5) is 11.7. The zero-order valence-corrected chi connectivity index (χ0v) is 11.7. The summed E-state index contributed by atoms with van der Waals surface area (Å²) >= 11 is 6.40. The third-order valence-electron chi connectivity index (χ3n) is 2.23. The highest BCUT2D eigenvalue weighted by Gasteiger charge is 2.32. The zero-order chi connectivity index (χ0) is 15.5. The van der Waals surface area contributed by atoms with Crippen molar-refractivity contribution in [3.63, 3.8) is 0 Å². The maximum atomic E-state index is 12.2. The highest BCUT2D eigenvalue weighted by molar-refractivity contribution is 7.17. The van der Waals surface area contributed by atoms with Gasteiger partial charge in [0.15, 0.2) is 0 Å². The van der Waals surface area contributed by atoms with E-state index in [-0.39, 0.29) is 27.3 Å². The van der Waals surface area contributed by atoms with Crippen molar-refractivity contribution in [2.24, 2.45) is 0 Å². The monoisotopic (exact) mass is 337 g/mol. The van der Waals surface area contributed by atoms with E-state index in [1.807, 2.05) is 0 Å². The van der Waals surface area contributed by atoms with Crippen LogP contribution in [0.2, 0.25) is 4.47 Å². The first-order valence-corrected chi connectivity index (χ1v) is 6.65. The van der Waals surface area contributed by atoms with Gasteiger partial charge in [0.05, 0.1) is 0 Å². The van der Waals surface area contributed by atoms with Crippen molar-refractivity contribution in [1.29, 1.82) is 0 Å². The second kappa shape index (κ2) is 6.27. The van der Waals surface area contributed by atoms with Crippen LogP contribution in [0, 0.1) is 0 Å². The van der Waals surface area contributed by atoms with Crippen LogP contribution in [-0.4, -0.2) is 22.5 Å². The number of nitrogens with one attached hydrogen (secondary N) is 1. The van der Waals surface area contributed by atoms with Gasteiger partial charge in [-0.3, -0.25) is 4.79 Å². The number of nitrogens with zero attached hydrogens (tertiary/aromatic N) is 2. The molecular formula is C11H7ClF3N3O2S. The maximum absolute atomic E-state index is 12.2. The number of aromatic nitrogens is 2. The Morgan fingerprint density at radius 3 is 2.67 bits per heavy atom. The second-order valence-electron chi connectivity index (χ2n) is 3.70. The van der Waals surface area contributed by atoms with Crippen LogP contribution in [0.25, 0.3) is 0 Å². The van der Waals surface area contributed by atoms with Crippen molar-refractivity contribution in [1.82, 2.24) is 15.5 Å². The van der Waals surface area contributed by atoms with E-state index in [1.54, 1.807) is 0 Å². The number of hydrogen-bond donors (Lipinski definition) is 1. The number of alkyl halides is 3. The summed E-state index contributed by atoms with van der Waals surface area (Å²) in [6.07, 6.45) is -4.80. The molecule has 1 aromatic heterocycles. The Bertz CT molecular complexity index is 648. The summed E-state index contributed by atoms with van der Waals surface area (Å²) in [5, 5.41) is 9.42. The van der Waals surface area contributed by atoms with E-state index >= 15 is 0 Å². The molecule has 21 heavy (non-hydrogen) atoms. The molecule has 0 saturated carbocycles. The maximum Gasteiger partial charge on any atom is 0.573 e. The normalized spacial score (nSPS) is 11.2. The van der Waals surface area contributed by atoms with Crippen LogP contribution in [0.4, 0.5) is 13.2 Å². The van der Waals surface area contributed by atoms with Crippen LogP contribution >= 0.6 is 22.9 Å². The topological polar surface area (TPSA) is 64.1 Å². The molecule has 2 aromatic rings. The highest BCUT2D eigenvalue weighted by Crippen LogP contribution is 2.26. The Kier molecular flexibility index (Phi) is 4.63. The Morgan fingerprint density at radius 1 is 1.33 bits per heavy atom. The SMILES string of the molecule is O=C(NCc1ccccc1OC(F)(F)F)c1nnc(Cl)s1. The molecule has 5 nitrogen and oxygen atoms in total. The molecule has 0 aliphatic rings. The van der Waals surface area contributed by atoms with Crippen LogP contribution in [0.1, 0.15) is 15.4 Å². The van der Waals surface area contributed by atoms with Crippen LogP contribution in [0.15, 0.2) is 24.3 Å². The number of rotatable bonds is 4. The van der Waals surface area contributed by atoms with Gasteiger partial charge in [-0.15, -0.1) is 23.4 Å². The molecule has 0 unspecified atom stereocenters. The van der Waals surface area contributed by atoms with Crippen LogP contribution in [0.3, 0.4) is 0 Å². The second-order valence-corrected chi connectivity index (χ2v) is 5.26. The minimum Gasteiger partial charge on any atom is -0.405 e. The van der Waals surface area contributed by atoms with Gasteiger partial charge in [-0.1, -0.05) is 29.5 Å². The number of ether oxygens (including phenoxy) is 1. The van der Waals surface area contributed by atoms with E-state index in [0.717, 1.165) is 17.4 Å². The lowest BCUT2D eigenvalue weighted by molar-refractivity contribution is -0.274. The van der Waals surface area contributed by atoms with Gasteiger partial charge in [0.25, 0.3) is 5.91 Å². The summed E-state index contributed by atoms with van der Waals surface area (Å²) in [5.41, 5.74) is 0.179. The smallest absolute Gasteiger partial charge is 0.405 e. The molecule has 2 rings (SSSR count). The van der Waals surface area contributed by atoms with Gasteiger partial charge in [0, 0.05) is 12.1 Å². The molecular weight excluding hydrogens is 331 g/mol. The fraction of sp³-hybridized carbons (Fsp3) is 0.182. The summed E-state index contributed by atoms with van der Waals surface area (Å²) in [6.45, 7) is -0.151. The van der Waals surface area contributed by atoms with Crippen molar-refractivity contribution < 1.29 is 22.7 Å². The fourth-order valence-electron chi connectivity index (χ4n) is 1.42. The number of benzene rings is 1. The largest absolute Gasteiger partial charge is 0.573 e. The highest BCUT2D eigenvalue weighted by atomic mass is 35.5. The molecule has 0 fully saturated rings. The van der Waals surface area contributed by atoms with Crippen molar-refractivity contribution >= 4 is 28.8 Å². The van der Waals surface area contributed by atoms with E-state index in [1.165, 1.54) is 18.2 Å². The molecule has 112 valence electrons. The van der Waals surface area contributed by atoms with Crippen LogP contribution in [-0.2, 0) is 6.54 Å². The first-order chi connectivity index (χ1) is 9.85. The van der Waals surface area contributed by atoms with Crippen molar-refractivity contribution in [3.8, 4) is 5.75 Å². The molecule has 1 aromatic carbocycles. The molecule has 0 bridgehead atoms. The molecule has 1 N–H and O–H groups in total. The van der Waals surface area contributed by atoms with Gasteiger partial charge in [-0.2, -0.15) is 0 Å². The van der Waals surface area contributed by atoms with E-state index < -0.39 is 12.3 Å². The fourth-order valence-corrected chi connectivity index (χ4v) is 2.17. The third kappa shape index (κ3) is 4.57. The van der Waals surface area contributed by atoms with Crippen LogP contribution < -0.4 is 10.1 Å². The lowest BCUT2D eigenvalue weighted by Crippen LogP contribution is -2.24. The Labute approximate surface area is 125 Å². The number of halogens is 4. The van der Waals surface area contributed by atoms with Crippen LogP contribution in [0.5, 0.6) is 5.75 Å². The standard InChI is InChI=1S/C11H7ClF3N3O2S/c12-10-18-17-9(21-10)8(19)16-5-6-3-1-2-4-7(6)20-11(13,14)15/h1-4H,5H2,(H,16,19). The predicted molar refractivity (Wildman–Crippen MR) is 69.2 cm³/mol. The number of carbonyl (C=O) groups is 1. The van der Waals surface area contributed by atoms with E-state index in [2.05, 4.69) is 20.3 Å². The average Bonchev–Trinajstić information content (AvgIpc) is 2.82. The lowest BCUT2D eigenvalue weighted by atomic mass is 10.2. The van der Waals surface area contributed by atoms with E-state index in [9.17, 15) is 18.0 Å². The molecule has 10 heteroatoms. The van der Waals surface area contributed by atoms with Crippen molar-refractivity contribution in [2.45, 2.75) is 12.9 Å². The number of hydrogen-bond acceptors (Lipinski definition) is 5. The molecule has 1 amide bonds. The average molecular weight is 338 g/mol. The first kappa shape index (κ1) is 15.5. The summed E-state index contributed by atoms with van der Waals surface area (Å²) < 4.78 is 40.7. The zero-order valence-electron chi connectivity index (χ0n) is 10.1. The van der Waals surface area contributed by atoms with Gasteiger partial charge < -0.3 is 10.1 Å². The van der Waals surface area contributed by atoms with Gasteiger partial charge >= 0.3 is 6.36 Å². The van der Waals surface area contributed by atoms with Gasteiger partial charge in [-0.05, 0) is 17.7 Å². The van der Waals surface area contributed by atoms with E-state index in [4.69, 9.17) is 11.6 Å². The Balaban J connectivity index is 2.05. The van der Waals surface area contributed by atoms with E-state index in [0.29, 0.717) is 0 Å². The van der Waals surface area contributed by atoms with Gasteiger partial charge in [-0.25, -0.2) is 0 Å². The lowest BCUT2D eigenvalue weighted by Gasteiger charge is -2.13. The molecule has 0 aliphatic carbocycles. The number of amides is 1. The summed E-state index contributed by atoms with van der Waals surface area (Å²) in [5.74, 6) is -0.957. The molecule has 1 heterocycles. The molecule has 0 spiro atoms. The molecule has 0 atom stereocenters. The minimum absolute atomic E-state index is 0.0224. The van der Waals surface area contributed by atoms with Gasteiger partial charge in [0.2, 0.25) is 9.47 Å². The summed E-state index contributed by atoms with van der Waals surface area (Å²) in [6, 6.07) is 5.51. The van der Waals surface area contributed by atoms with Crippen molar-refractivity contribution in [2.75, 3.05) is 0 Å². The van der Waals surface area contributed by atoms with Crippen molar-refractivity contribution in [3.05, 3.63) is 39.3 Å². The summed E-state index contributed by atoms with van der Waals surface area (Å²) in [7, 11) is 0. The quantitative estimate of drug-likeness (QED) is 0.931. The minimum atomic E-state index is -4.80. The third-order valence-corrected chi connectivity index (χ3v) is 3.25.